The third-order valence-corrected chi connectivity index (χ3v) is 6.65. The Morgan fingerprint density at radius 2 is 1.77 bits per heavy atom. The number of fused-ring (bicyclic) bond motifs is 3. The number of carbonyl (C=O) groups excluding carboxylic acids is 1. The molecule has 1 aromatic carbocycles. The highest BCUT2D eigenvalue weighted by Crippen LogP contribution is 2.41. The van der Waals surface area contributed by atoms with Crippen LogP contribution in [0.3, 0.4) is 0 Å². The highest BCUT2D eigenvalue weighted by atomic mass is 19.1. The van der Waals surface area contributed by atoms with Crippen molar-refractivity contribution in [3.63, 3.8) is 0 Å². The molecular weight excluding hydrogens is 452 g/mol. The summed E-state index contributed by atoms with van der Waals surface area (Å²) in [4.78, 5) is 18.7. The first-order valence-electron chi connectivity index (χ1n) is 12.0. The molecule has 1 saturated carbocycles. The van der Waals surface area contributed by atoms with Gasteiger partial charge in [0.2, 0.25) is 0 Å². The third kappa shape index (κ3) is 4.76. The molecule has 0 bridgehead atoms. The van der Waals surface area contributed by atoms with Crippen molar-refractivity contribution in [2.45, 2.75) is 77.0 Å². The number of benzene rings is 1. The van der Waals surface area contributed by atoms with E-state index in [0.29, 0.717) is 17.1 Å². The van der Waals surface area contributed by atoms with Gasteiger partial charge in [0.25, 0.3) is 0 Å². The lowest BCUT2D eigenvalue weighted by atomic mass is 9.79. The lowest BCUT2D eigenvalue weighted by Gasteiger charge is -2.28. The average molecular weight is 482 g/mol. The maximum Gasteiger partial charge on any atom is 0.411 e. The monoisotopic (exact) mass is 481 g/mol. The van der Waals surface area contributed by atoms with Gasteiger partial charge < -0.3 is 4.74 Å². The number of hydrogen-bond acceptors (Lipinski definition) is 5. The van der Waals surface area contributed by atoms with Crippen molar-refractivity contribution in [2.75, 3.05) is 0 Å². The number of carbonyl (C=O) groups is 1. The maximum absolute atomic E-state index is 14.3. The summed E-state index contributed by atoms with van der Waals surface area (Å²) in [6.07, 6.45) is 4.36. The molecule has 7 nitrogen and oxygen atoms in total. The van der Waals surface area contributed by atoms with Gasteiger partial charge in [-0.25, -0.2) is 13.6 Å². The second-order valence-corrected chi connectivity index (χ2v) is 10.3. The van der Waals surface area contributed by atoms with Crippen molar-refractivity contribution in [2.24, 2.45) is 0 Å². The number of nitrogens with zero attached hydrogens (tertiary/aromatic N) is 5. The number of amides is 1. The highest BCUT2D eigenvalue weighted by Gasteiger charge is 2.34. The van der Waals surface area contributed by atoms with Gasteiger partial charge in [-0.3, -0.25) is 14.5 Å². The van der Waals surface area contributed by atoms with E-state index < -0.39 is 11.7 Å². The van der Waals surface area contributed by atoms with Crippen molar-refractivity contribution >= 4 is 6.09 Å². The van der Waals surface area contributed by atoms with Gasteiger partial charge in [-0.1, -0.05) is 0 Å². The van der Waals surface area contributed by atoms with Gasteiger partial charge in [0.1, 0.15) is 23.1 Å². The molecule has 2 aliphatic rings. The first kappa shape index (κ1) is 23.4. The molecule has 1 aliphatic heterocycles. The van der Waals surface area contributed by atoms with Crippen LogP contribution >= 0.6 is 0 Å². The number of hydrogen-bond donors (Lipinski definition) is 0. The molecule has 5 rings (SSSR count). The lowest BCUT2D eigenvalue weighted by Crippen LogP contribution is -2.35. The molecule has 1 aliphatic carbocycles. The Balaban J connectivity index is 1.44. The summed E-state index contributed by atoms with van der Waals surface area (Å²) in [7, 11) is 0. The topological polar surface area (TPSA) is 73.1 Å². The van der Waals surface area contributed by atoms with Crippen LogP contribution in [0.15, 0.2) is 36.5 Å². The first-order chi connectivity index (χ1) is 16.7. The summed E-state index contributed by atoms with van der Waals surface area (Å²) in [6.45, 7) is 5.83. The molecule has 35 heavy (non-hydrogen) atoms. The Kier molecular flexibility index (Phi) is 6.02. The number of aromatic nitrogens is 4. The summed E-state index contributed by atoms with van der Waals surface area (Å²) in [5.41, 5.74) is 1.31. The molecule has 9 heteroatoms. The van der Waals surface area contributed by atoms with E-state index in [0.717, 1.165) is 37.2 Å². The highest BCUT2D eigenvalue weighted by molar-refractivity contribution is 5.68. The molecule has 2 aromatic heterocycles. The van der Waals surface area contributed by atoms with Crippen LogP contribution in [-0.4, -0.2) is 36.3 Å². The SMILES string of the molecule is CC(C)(C)OC(=O)N1Cc2cc(F)ccc2-n2c(nnc2[C@H]2CC[C@H](c3ncccc3F)CC2)C1. The quantitative estimate of drug-likeness (QED) is 0.474. The number of halogens is 2. The van der Waals surface area contributed by atoms with Crippen LogP contribution in [0.25, 0.3) is 5.69 Å². The van der Waals surface area contributed by atoms with Crippen LogP contribution in [-0.2, 0) is 17.8 Å². The molecule has 184 valence electrons. The zero-order chi connectivity index (χ0) is 24.7. The number of pyridine rings is 1. The Morgan fingerprint density at radius 3 is 2.49 bits per heavy atom. The molecule has 0 radical (unpaired) electrons. The normalized spacial score (nSPS) is 20.1. The van der Waals surface area contributed by atoms with Crippen LogP contribution in [0.5, 0.6) is 0 Å². The van der Waals surface area contributed by atoms with E-state index in [4.69, 9.17) is 4.74 Å². The Labute approximate surface area is 203 Å². The van der Waals surface area contributed by atoms with Crippen molar-refractivity contribution in [3.8, 4) is 5.69 Å². The molecule has 3 aromatic rings. The second kappa shape index (κ2) is 9.02. The molecule has 0 saturated heterocycles. The molecule has 0 N–H and O–H groups in total. The van der Waals surface area contributed by atoms with Crippen LogP contribution < -0.4 is 0 Å². The summed E-state index contributed by atoms with van der Waals surface area (Å²) < 4.78 is 36.0. The first-order valence-corrected chi connectivity index (χ1v) is 12.0. The summed E-state index contributed by atoms with van der Waals surface area (Å²) in [5, 5.41) is 8.95. The van der Waals surface area contributed by atoms with Crippen LogP contribution in [0.1, 0.15) is 81.2 Å². The van der Waals surface area contributed by atoms with E-state index in [1.807, 2.05) is 25.3 Å². The lowest BCUT2D eigenvalue weighted by molar-refractivity contribution is 0.0214. The average Bonchev–Trinajstić information content (AvgIpc) is 3.14. The standard InChI is InChI=1S/C26H29F2N5O2/c1-26(2,3)35-25(34)32-14-18-13-19(27)10-11-21(18)33-22(15-32)30-31-24(33)17-8-6-16(7-9-17)23-20(28)5-4-12-29-23/h4-5,10-13,16-17H,6-9,14-15H2,1-3H3/t16-,17-. The summed E-state index contributed by atoms with van der Waals surface area (Å²) in [5.74, 6) is 0.954. The molecule has 3 heterocycles. The molecule has 0 atom stereocenters. The smallest absolute Gasteiger partial charge is 0.411 e. The van der Waals surface area contributed by atoms with Crippen LogP contribution in [0.2, 0.25) is 0 Å². The van der Waals surface area contributed by atoms with E-state index in [1.165, 1.54) is 23.1 Å². The summed E-state index contributed by atoms with van der Waals surface area (Å²) in [6, 6.07) is 7.65. The van der Waals surface area contributed by atoms with Gasteiger partial charge in [-0.2, -0.15) is 0 Å². The summed E-state index contributed by atoms with van der Waals surface area (Å²) >= 11 is 0. The third-order valence-electron chi connectivity index (χ3n) is 6.65. The Hall–Kier alpha value is -3.36. The fraction of sp³-hybridized carbons (Fsp3) is 0.462. The molecule has 0 unspecified atom stereocenters. The predicted octanol–water partition coefficient (Wildman–Crippen LogP) is 5.63. The molecule has 1 fully saturated rings. The maximum atomic E-state index is 14.3. The molecule has 1 amide bonds. The van der Waals surface area contributed by atoms with E-state index >= 15 is 0 Å². The minimum atomic E-state index is -0.654. The van der Waals surface area contributed by atoms with E-state index in [2.05, 4.69) is 15.2 Å². The number of ether oxygens (including phenoxy) is 1. The van der Waals surface area contributed by atoms with E-state index in [1.54, 1.807) is 18.3 Å². The van der Waals surface area contributed by atoms with Gasteiger partial charge in [-0.15, -0.1) is 10.2 Å². The molecular formula is C26H29F2N5O2. The number of rotatable bonds is 2. The van der Waals surface area contributed by atoms with Crippen molar-refractivity contribution in [1.82, 2.24) is 24.6 Å². The zero-order valence-corrected chi connectivity index (χ0v) is 20.2. The fourth-order valence-corrected chi connectivity index (χ4v) is 5.07. The van der Waals surface area contributed by atoms with Gasteiger partial charge in [0, 0.05) is 18.0 Å². The minimum absolute atomic E-state index is 0.0722. The van der Waals surface area contributed by atoms with E-state index in [9.17, 15) is 13.6 Å². The van der Waals surface area contributed by atoms with E-state index in [-0.39, 0.29) is 36.6 Å². The largest absolute Gasteiger partial charge is 0.444 e. The Morgan fingerprint density at radius 1 is 1.03 bits per heavy atom. The molecule has 0 spiro atoms. The fourth-order valence-electron chi connectivity index (χ4n) is 5.07. The van der Waals surface area contributed by atoms with Gasteiger partial charge in [-0.05, 0) is 82.3 Å². The van der Waals surface area contributed by atoms with Gasteiger partial charge >= 0.3 is 6.09 Å². The van der Waals surface area contributed by atoms with Crippen LogP contribution in [0.4, 0.5) is 13.6 Å². The second-order valence-electron chi connectivity index (χ2n) is 10.3. The predicted molar refractivity (Wildman–Crippen MR) is 125 cm³/mol. The van der Waals surface area contributed by atoms with Crippen molar-refractivity contribution in [1.29, 1.82) is 0 Å². The van der Waals surface area contributed by atoms with Crippen molar-refractivity contribution in [3.05, 3.63) is 71.1 Å². The van der Waals surface area contributed by atoms with Gasteiger partial charge in [0.15, 0.2) is 5.82 Å². The van der Waals surface area contributed by atoms with Crippen LogP contribution in [0, 0.1) is 11.6 Å². The van der Waals surface area contributed by atoms with Crippen molar-refractivity contribution < 1.29 is 18.3 Å². The van der Waals surface area contributed by atoms with Gasteiger partial charge in [0.05, 0.1) is 24.5 Å². The Bertz CT molecular complexity index is 1240. The zero-order valence-electron chi connectivity index (χ0n) is 20.2. The minimum Gasteiger partial charge on any atom is -0.444 e.